The second-order valence-corrected chi connectivity index (χ2v) is 8.07. The van der Waals surface area contributed by atoms with Crippen LogP contribution in [0.1, 0.15) is 38.2 Å². The highest BCUT2D eigenvalue weighted by Gasteiger charge is 2.28. The average Bonchev–Trinajstić information content (AvgIpc) is 2.42. The van der Waals surface area contributed by atoms with E-state index in [0.29, 0.717) is 19.4 Å². The molecule has 0 radical (unpaired) electrons. The molecule has 1 aromatic rings. The monoisotopic (exact) mass is 344 g/mol. The van der Waals surface area contributed by atoms with Gasteiger partial charge in [0, 0.05) is 26.1 Å². The number of likely N-dealkylation sites (N-methyl/N-ethyl adjacent to an activating group) is 1. The molecule has 1 fully saturated rings. The molecule has 1 atom stereocenters. The van der Waals surface area contributed by atoms with Crippen molar-refractivity contribution in [2.75, 3.05) is 13.6 Å². The zero-order valence-electron chi connectivity index (χ0n) is 13.0. The van der Waals surface area contributed by atoms with Gasteiger partial charge in [0.1, 0.15) is 4.90 Å². The third-order valence-corrected chi connectivity index (χ3v) is 5.86. The third kappa shape index (κ3) is 3.80. The van der Waals surface area contributed by atoms with Gasteiger partial charge >= 0.3 is 0 Å². The number of amides is 1. The largest absolute Gasteiger partial charge is 0.344 e. The molecule has 0 aromatic heterocycles. The van der Waals surface area contributed by atoms with E-state index >= 15 is 0 Å². The molecule has 1 heterocycles. The summed E-state index contributed by atoms with van der Waals surface area (Å²) >= 11 is 6.07. The summed E-state index contributed by atoms with van der Waals surface area (Å²) in [5.74, 6) is 0.250. The molecule has 7 heteroatoms. The number of hydrogen-bond acceptors (Lipinski definition) is 3. The van der Waals surface area contributed by atoms with E-state index in [1.165, 1.54) is 0 Å². The normalized spacial score (nSPS) is 19.8. The maximum Gasteiger partial charge on any atom is 0.242 e. The Morgan fingerprint density at radius 3 is 2.64 bits per heavy atom. The fraction of sp³-hybridized carbons (Fsp3) is 0.533. The van der Waals surface area contributed by atoms with Crippen LogP contribution in [-0.4, -0.2) is 38.9 Å². The molecule has 0 spiro atoms. The van der Waals surface area contributed by atoms with Crippen molar-refractivity contribution in [3.63, 3.8) is 0 Å². The lowest BCUT2D eigenvalue weighted by molar-refractivity contribution is -0.132. The van der Waals surface area contributed by atoms with Crippen molar-refractivity contribution >= 4 is 27.5 Å². The highest BCUT2D eigenvalue weighted by molar-refractivity contribution is 7.89. The van der Waals surface area contributed by atoms with E-state index in [1.54, 1.807) is 24.1 Å². The summed E-state index contributed by atoms with van der Waals surface area (Å²) in [5, 5.41) is 0.206. The summed E-state index contributed by atoms with van der Waals surface area (Å²) < 4.78 is 27.8. The maximum atomic E-state index is 12.6. The van der Waals surface area contributed by atoms with Crippen LogP contribution < -0.4 is 4.72 Å². The summed E-state index contributed by atoms with van der Waals surface area (Å²) in [5.41, 5.74) is 0.917. The molecule has 1 amide bonds. The summed E-state index contributed by atoms with van der Waals surface area (Å²) in [6, 6.07) is 4.78. The highest BCUT2D eigenvalue weighted by atomic mass is 35.5. The molecule has 0 bridgehead atoms. The number of likely N-dealkylation sites (tertiary alicyclic amines) is 1. The Kier molecular flexibility index (Phi) is 5.14. The lowest BCUT2D eigenvalue weighted by Crippen LogP contribution is -2.48. The molecule has 122 valence electrons. The first-order valence-corrected chi connectivity index (χ1v) is 9.12. The van der Waals surface area contributed by atoms with Crippen molar-refractivity contribution in [3.05, 3.63) is 28.8 Å². The summed E-state index contributed by atoms with van der Waals surface area (Å²) in [4.78, 5) is 13.1. The van der Waals surface area contributed by atoms with Gasteiger partial charge in [0.15, 0.2) is 0 Å². The van der Waals surface area contributed by atoms with E-state index in [4.69, 9.17) is 11.6 Å². The van der Waals surface area contributed by atoms with Crippen molar-refractivity contribution in [1.29, 1.82) is 0 Å². The zero-order valence-corrected chi connectivity index (χ0v) is 14.5. The molecule has 1 saturated heterocycles. The second kappa shape index (κ2) is 6.56. The predicted molar refractivity (Wildman–Crippen MR) is 86.5 cm³/mol. The van der Waals surface area contributed by atoms with Gasteiger partial charge in [-0.3, -0.25) is 4.79 Å². The van der Waals surface area contributed by atoms with Crippen LogP contribution in [0.3, 0.4) is 0 Å². The fourth-order valence-corrected chi connectivity index (χ4v) is 4.27. The molecular formula is C15H21ClN2O3S. The average molecular weight is 345 g/mol. The molecule has 1 aromatic carbocycles. The van der Waals surface area contributed by atoms with Crippen molar-refractivity contribution in [2.45, 2.75) is 43.5 Å². The number of carbonyl (C=O) groups is 1. The van der Waals surface area contributed by atoms with Crippen LogP contribution in [0, 0.1) is 0 Å². The lowest BCUT2D eigenvalue weighted by Gasteiger charge is -2.30. The fourth-order valence-electron chi connectivity index (χ4n) is 2.48. The van der Waals surface area contributed by atoms with Gasteiger partial charge in [-0.25, -0.2) is 13.1 Å². The van der Waals surface area contributed by atoms with Gasteiger partial charge in [-0.2, -0.15) is 0 Å². The SMILES string of the molecule is CC(C)c1ccc(Cl)c(S(=O)(=O)N[C@H]2CCC(=O)N(C)C2)c1. The van der Waals surface area contributed by atoms with Gasteiger partial charge in [0.05, 0.1) is 5.02 Å². The number of benzene rings is 1. The number of hydrogen-bond donors (Lipinski definition) is 1. The Morgan fingerprint density at radius 1 is 1.36 bits per heavy atom. The number of carbonyl (C=O) groups excluding carboxylic acids is 1. The number of nitrogens with zero attached hydrogens (tertiary/aromatic N) is 1. The molecule has 22 heavy (non-hydrogen) atoms. The van der Waals surface area contributed by atoms with Crippen LogP contribution >= 0.6 is 11.6 Å². The topological polar surface area (TPSA) is 66.5 Å². The van der Waals surface area contributed by atoms with E-state index in [1.807, 2.05) is 19.9 Å². The Hall–Kier alpha value is -1.11. The predicted octanol–water partition coefficient (Wildman–Crippen LogP) is 2.36. The van der Waals surface area contributed by atoms with E-state index in [-0.39, 0.29) is 27.8 Å². The van der Waals surface area contributed by atoms with E-state index in [9.17, 15) is 13.2 Å². The molecule has 1 aliphatic rings. The number of rotatable bonds is 4. The Bertz CT molecular complexity index is 673. The van der Waals surface area contributed by atoms with Crippen LogP contribution in [-0.2, 0) is 14.8 Å². The minimum Gasteiger partial charge on any atom is -0.344 e. The number of sulfonamides is 1. The van der Waals surface area contributed by atoms with Crippen LogP contribution in [0.5, 0.6) is 0 Å². The van der Waals surface area contributed by atoms with Gasteiger partial charge in [0.2, 0.25) is 15.9 Å². The van der Waals surface area contributed by atoms with E-state index in [0.717, 1.165) is 5.56 Å². The van der Waals surface area contributed by atoms with E-state index < -0.39 is 10.0 Å². The standard InChI is InChI=1S/C15H21ClN2O3S/c1-10(2)11-4-6-13(16)14(8-11)22(20,21)17-12-5-7-15(19)18(3)9-12/h4,6,8,10,12,17H,5,7,9H2,1-3H3/t12-/m0/s1. The van der Waals surface area contributed by atoms with Crippen molar-refractivity contribution in [2.24, 2.45) is 0 Å². The van der Waals surface area contributed by atoms with Crippen molar-refractivity contribution in [3.8, 4) is 0 Å². The summed E-state index contributed by atoms with van der Waals surface area (Å²) in [6.45, 7) is 4.36. The molecule has 1 aliphatic heterocycles. The number of nitrogens with one attached hydrogen (secondary N) is 1. The van der Waals surface area contributed by atoms with Gasteiger partial charge in [-0.1, -0.05) is 31.5 Å². The van der Waals surface area contributed by atoms with Crippen LogP contribution in [0.2, 0.25) is 5.02 Å². The molecule has 5 nitrogen and oxygen atoms in total. The Morgan fingerprint density at radius 2 is 2.05 bits per heavy atom. The van der Waals surface area contributed by atoms with Crippen LogP contribution in [0.15, 0.2) is 23.1 Å². The highest BCUT2D eigenvalue weighted by Crippen LogP contribution is 2.26. The molecule has 2 rings (SSSR count). The molecule has 0 aliphatic carbocycles. The first-order chi connectivity index (χ1) is 10.2. The number of halogens is 1. The molecular weight excluding hydrogens is 324 g/mol. The smallest absolute Gasteiger partial charge is 0.242 e. The lowest BCUT2D eigenvalue weighted by atomic mass is 10.0. The number of piperidine rings is 1. The minimum absolute atomic E-state index is 0.0373. The van der Waals surface area contributed by atoms with E-state index in [2.05, 4.69) is 4.72 Å². The van der Waals surface area contributed by atoms with Gasteiger partial charge in [0.25, 0.3) is 0 Å². The quantitative estimate of drug-likeness (QED) is 0.911. The first kappa shape index (κ1) is 17.2. The molecule has 0 saturated carbocycles. The summed E-state index contributed by atoms with van der Waals surface area (Å²) in [6.07, 6.45) is 0.855. The maximum absolute atomic E-state index is 12.6. The summed E-state index contributed by atoms with van der Waals surface area (Å²) in [7, 11) is -2.03. The molecule has 0 unspecified atom stereocenters. The van der Waals surface area contributed by atoms with Gasteiger partial charge < -0.3 is 4.90 Å². The second-order valence-electron chi connectivity index (χ2n) is 5.98. The van der Waals surface area contributed by atoms with Crippen LogP contribution in [0.4, 0.5) is 0 Å². The Balaban J connectivity index is 2.23. The first-order valence-electron chi connectivity index (χ1n) is 7.26. The Labute approximate surface area is 136 Å². The van der Waals surface area contributed by atoms with Crippen molar-refractivity contribution < 1.29 is 13.2 Å². The third-order valence-electron chi connectivity index (χ3n) is 3.86. The minimum atomic E-state index is -3.71. The van der Waals surface area contributed by atoms with Crippen LogP contribution in [0.25, 0.3) is 0 Å². The molecule has 1 N–H and O–H groups in total. The van der Waals surface area contributed by atoms with Gasteiger partial charge in [-0.15, -0.1) is 0 Å². The van der Waals surface area contributed by atoms with Crippen molar-refractivity contribution in [1.82, 2.24) is 9.62 Å². The zero-order chi connectivity index (χ0) is 16.5. The van der Waals surface area contributed by atoms with Gasteiger partial charge in [-0.05, 0) is 30.0 Å².